The average Bonchev–Trinajstić information content (AvgIpc) is 3.08. The Bertz CT molecular complexity index is 419. The van der Waals surface area contributed by atoms with Crippen molar-refractivity contribution in [2.24, 2.45) is 11.8 Å². The van der Waals surface area contributed by atoms with E-state index in [0.29, 0.717) is 12.1 Å². The van der Waals surface area contributed by atoms with Crippen molar-refractivity contribution in [1.82, 2.24) is 9.55 Å². The van der Waals surface area contributed by atoms with Gasteiger partial charge in [0.2, 0.25) is 5.95 Å². The van der Waals surface area contributed by atoms with E-state index in [1.165, 1.54) is 32.1 Å². The van der Waals surface area contributed by atoms with Gasteiger partial charge in [-0.25, -0.2) is 4.98 Å². The monoisotopic (exact) mass is 247 g/mol. The fourth-order valence-electron chi connectivity index (χ4n) is 3.30. The zero-order valence-corrected chi connectivity index (χ0v) is 11.8. The summed E-state index contributed by atoms with van der Waals surface area (Å²) < 4.78 is 2.36. The number of hydrogen-bond donors (Lipinski definition) is 1. The molecule has 2 aliphatic carbocycles. The summed E-state index contributed by atoms with van der Waals surface area (Å²) in [5.74, 6) is 2.77. The highest BCUT2D eigenvalue weighted by Crippen LogP contribution is 2.38. The summed E-state index contributed by atoms with van der Waals surface area (Å²) in [4.78, 5) is 4.67. The second kappa shape index (κ2) is 4.60. The Morgan fingerprint density at radius 2 is 2.00 bits per heavy atom. The summed E-state index contributed by atoms with van der Waals surface area (Å²) in [5, 5.41) is 3.71. The molecule has 2 saturated carbocycles. The maximum absolute atomic E-state index is 4.67. The first-order valence-electron chi connectivity index (χ1n) is 7.45. The first-order chi connectivity index (χ1) is 8.63. The lowest BCUT2D eigenvalue weighted by Crippen LogP contribution is -2.34. The van der Waals surface area contributed by atoms with Crippen molar-refractivity contribution in [2.75, 3.05) is 5.32 Å². The van der Waals surface area contributed by atoms with Crippen molar-refractivity contribution >= 4 is 5.95 Å². The van der Waals surface area contributed by atoms with Gasteiger partial charge in [0.15, 0.2) is 0 Å². The Labute approximate surface area is 110 Å². The third-order valence-corrected chi connectivity index (χ3v) is 4.54. The molecule has 0 spiro atoms. The van der Waals surface area contributed by atoms with Gasteiger partial charge < -0.3 is 9.88 Å². The summed E-state index contributed by atoms with van der Waals surface area (Å²) in [5.41, 5.74) is 1.14. The number of aromatic nitrogens is 2. The maximum Gasteiger partial charge on any atom is 0.203 e. The van der Waals surface area contributed by atoms with E-state index in [9.17, 15) is 0 Å². The van der Waals surface area contributed by atoms with Crippen LogP contribution in [0.25, 0.3) is 0 Å². The fourth-order valence-corrected chi connectivity index (χ4v) is 3.30. The molecule has 3 unspecified atom stereocenters. The molecule has 0 amide bonds. The maximum atomic E-state index is 4.67. The van der Waals surface area contributed by atoms with Crippen molar-refractivity contribution in [2.45, 2.75) is 65.0 Å². The minimum Gasteiger partial charge on any atom is -0.353 e. The molecule has 0 aromatic carbocycles. The number of nitrogens with one attached hydrogen (secondary N) is 1. The normalized spacial score (nSPS) is 32.5. The van der Waals surface area contributed by atoms with Gasteiger partial charge in [0.1, 0.15) is 0 Å². The van der Waals surface area contributed by atoms with Gasteiger partial charge in [0.05, 0.1) is 5.69 Å². The first-order valence-corrected chi connectivity index (χ1v) is 7.45. The van der Waals surface area contributed by atoms with Gasteiger partial charge in [-0.3, -0.25) is 0 Å². The molecule has 1 aromatic rings. The van der Waals surface area contributed by atoms with Crippen LogP contribution >= 0.6 is 0 Å². The minimum absolute atomic E-state index is 0.612. The molecule has 3 nitrogen and oxygen atoms in total. The molecule has 1 N–H and O–H groups in total. The van der Waals surface area contributed by atoms with Crippen LogP contribution in [-0.2, 0) is 0 Å². The molecule has 1 heterocycles. The fraction of sp³-hybridized carbons (Fsp3) is 0.800. The summed E-state index contributed by atoms with van der Waals surface area (Å²) in [7, 11) is 0. The van der Waals surface area contributed by atoms with E-state index in [-0.39, 0.29) is 0 Å². The van der Waals surface area contributed by atoms with Crippen LogP contribution in [0, 0.1) is 18.8 Å². The van der Waals surface area contributed by atoms with E-state index in [2.05, 4.69) is 41.8 Å². The quantitative estimate of drug-likeness (QED) is 0.881. The molecule has 3 rings (SSSR count). The topological polar surface area (TPSA) is 29.9 Å². The highest BCUT2D eigenvalue weighted by Gasteiger charge is 2.29. The van der Waals surface area contributed by atoms with Crippen LogP contribution in [0.1, 0.15) is 57.7 Å². The van der Waals surface area contributed by atoms with E-state index >= 15 is 0 Å². The predicted molar refractivity (Wildman–Crippen MR) is 74.8 cm³/mol. The highest BCUT2D eigenvalue weighted by molar-refractivity contribution is 5.32. The molecule has 3 atom stereocenters. The van der Waals surface area contributed by atoms with Gasteiger partial charge in [-0.15, -0.1) is 0 Å². The Hall–Kier alpha value is -0.990. The summed E-state index contributed by atoms with van der Waals surface area (Å²) in [6.07, 6.45) is 8.84. The molecule has 0 saturated heterocycles. The van der Waals surface area contributed by atoms with Gasteiger partial charge >= 0.3 is 0 Å². The Morgan fingerprint density at radius 1 is 1.22 bits per heavy atom. The molecule has 0 radical (unpaired) electrons. The third kappa shape index (κ3) is 2.40. The van der Waals surface area contributed by atoms with Gasteiger partial charge in [-0.1, -0.05) is 13.8 Å². The minimum atomic E-state index is 0.612. The smallest absolute Gasteiger partial charge is 0.203 e. The zero-order chi connectivity index (χ0) is 12.7. The lowest BCUT2D eigenvalue weighted by molar-refractivity contribution is 0.275. The van der Waals surface area contributed by atoms with E-state index in [1.807, 2.05) is 0 Å². The number of anilines is 1. The summed E-state index contributed by atoms with van der Waals surface area (Å²) >= 11 is 0. The Morgan fingerprint density at radius 3 is 2.67 bits per heavy atom. The first kappa shape index (κ1) is 12.1. The second-order valence-electron chi connectivity index (χ2n) is 6.49. The molecule has 2 fully saturated rings. The van der Waals surface area contributed by atoms with E-state index < -0.39 is 0 Å². The largest absolute Gasteiger partial charge is 0.353 e. The summed E-state index contributed by atoms with van der Waals surface area (Å²) in [6, 6.07) is 1.33. The van der Waals surface area contributed by atoms with Gasteiger partial charge in [-0.05, 0) is 50.9 Å². The van der Waals surface area contributed by atoms with Crippen molar-refractivity contribution in [3.8, 4) is 0 Å². The second-order valence-corrected chi connectivity index (χ2v) is 6.49. The number of imidazole rings is 1. The lowest BCUT2D eigenvalue weighted by atomic mass is 9.80. The van der Waals surface area contributed by atoms with Crippen molar-refractivity contribution in [3.05, 3.63) is 11.9 Å². The van der Waals surface area contributed by atoms with Crippen LogP contribution < -0.4 is 5.32 Å². The summed E-state index contributed by atoms with van der Waals surface area (Å²) in [6.45, 7) is 6.85. The zero-order valence-electron chi connectivity index (χ0n) is 11.8. The van der Waals surface area contributed by atoms with Crippen molar-refractivity contribution < 1.29 is 0 Å². The molecule has 0 aliphatic heterocycles. The van der Waals surface area contributed by atoms with Crippen molar-refractivity contribution in [1.29, 1.82) is 0 Å². The molecule has 2 aliphatic rings. The SMILES string of the molecule is Cc1cn(C2CC2)c(NC2CCC(C)CC2C)n1. The van der Waals surface area contributed by atoms with Gasteiger partial charge in [-0.2, -0.15) is 0 Å². The van der Waals surface area contributed by atoms with Gasteiger partial charge in [0, 0.05) is 18.3 Å². The number of aryl methyl sites for hydroxylation is 1. The van der Waals surface area contributed by atoms with Crippen LogP contribution in [-0.4, -0.2) is 15.6 Å². The highest BCUT2D eigenvalue weighted by atomic mass is 15.2. The molecule has 3 heteroatoms. The molecule has 0 bridgehead atoms. The van der Waals surface area contributed by atoms with Gasteiger partial charge in [0.25, 0.3) is 0 Å². The molecular weight excluding hydrogens is 222 g/mol. The third-order valence-electron chi connectivity index (χ3n) is 4.54. The standard InChI is InChI=1S/C15H25N3/c1-10-4-7-14(11(2)8-10)17-15-16-12(3)9-18(15)13-5-6-13/h9-11,13-14H,4-8H2,1-3H3,(H,16,17). The Balaban J connectivity index is 1.72. The van der Waals surface area contributed by atoms with Crippen molar-refractivity contribution in [3.63, 3.8) is 0 Å². The molecular formula is C15H25N3. The molecule has 1 aromatic heterocycles. The molecule has 18 heavy (non-hydrogen) atoms. The lowest BCUT2D eigenvalue weighted by Gasteiger charge is -2.33. The Kier molecular flexibility index (Phi) is 3.08. The average molecular weight is 247 g/mol. The van der Waals surface area contributed by atoms with Crippen LogP contribution in [0.2, 0.25) is 0 Å². The number of rotatable bonds is 3. The number of nitrogens with zero attached hydrogens (tertiary/aromatic N) is 2. The van der Waals surface area contributed by atoms with Crippen LogP contribution in [0.3, 0.4) is 0 Å². The van der Waals surface area contributed by atoms with E-state index in [0.717, 1.165) is 23.5 Å². The predicted octanol–water partition coefficient (Wildman–Crippen LogP) is 3.76. The molecule has 100 valence electrons. The van der Waals surface area contributed by atoms with Crippen LogP contribution in [0.15, 0.2) is 6.20 Å². The van der Waals surface area contributed by atoms with E-state index in [1.54, 1.807) is 0 Å². The van der Waals surface area contributed by atoms with Crippen LogP contribution in [0.5, 0.6) is 0 Å². The van der Waals surface area contributed by atoms with E-state index in [4.69, 9.17) is 0 Å². The number of hydrogen-bond acceptors (Lipinski definition) is 2. The van der Waals surface area contributed by atoms with Crippen LogP contribution in [0.4, 0.5) is 5.95 Å².